The van der Waals surface area contributed by atoms with Crippen LogP contribution in [0, 0.1) is 20.8 Å². The number of aromatic nitrogens is 1. The predicted molar refractivity (Wildman–Crippen MR) is 71.3 cm³/mol. The zero-order valence-electron chi connectivity index (χ0n) is 11.2. The molecule has 0 aliphatic carbocycles. The van der Waals surface area contributed by atoms with Crippen molar-refractivity contribution in [1.82, 2.24) is 4.57 Å². The molecule has 0 amide bonds. The third kappa shape index (κ3) is 1.92. The van der Waals surface area contributed by atoms with Crippen molar-refractivity contribution < 1.29 is 9.53 Å². The number of aryl methyl sites for hydroxylation is 2. The zero-order valence-corrected chi connectivity index (χ0v) is 11.2. The zero-order chi connectivity index (χ0) is 13.3. The average Bonchev–Trinajstić information content (AvgIpc) is 2.65. The molecule has 0 N–H and O–H groups in total. The lowest BCUT2D eigenvalue weighted by molar-refractivity contribution is 0.0600. The van der Waals surface area contributed by atoms with Crippen LogP contribution in [0.1, 0.15) is 27.3 Å². The van der Waals surface area contributed by atoms with Gasteiger partial charge >= 0.3 is 5.97 Å². The van der Waals surface area contributed by atoms with Crippen LogP contribution in [0.5, 0.6) is 0 Å². The molecule has 3 nitrogen and oxygen atoms in total. The number of carbonyl (C=O) groups excluding carboxylic acids is 1. The van der Waals surface area contributed by atoms with Gasteiger partial charge in [-0.1, -0.05) is 18.2 Å². The largest absolute Gasteiger partial charge is 0.465 e. The van der Waals surface area contributed by atoms with Crippen LogP contribution in [0.15, 0.2) is 30.3 Å². The van der Waals surface area contributed by atoms with Crippen LogP contribution in [0.4, 0.5) is 0 Å². The van der Waals surface area contributed by atoms with E-state index in [4.69, 9.17) is 4.74 Å². The number of rotatable bonds is 2. The summed E-state index contributed by atoms with van der Waals surface area (Å²) in [6.45, 7) is 5.99. The molecule has 2 aromatic rings. The molecule has 2 rings (SSSR count). The van der Waals surface area contributed by atoms with Crippen LogP contribution in [-0.4, -0.2) is 17.6 Å². The first-order valence-corrected chi connectivity index (χ1v) is 5.89. The topological polar surface area (TPSA) is 31.2 Å². The van der Waals surface area contributed by atoms with Gasteiger partial charge in [0.15, 0.2) is 0 Å². The molecule has 1 aromatic heterocycles. The first-order valence-electron chi connectivity index (χ1n) is 5.89. The number of para-hydroxylation sites is 1. The molecule has 0 spiro atoms. The van der Waals surface area contributed by atoms with E-state index in [2.05, 4.69) is 23.6 Å². The molecule has 3 heteroatoms. The Kier molecular flexibility index (Phi) is 3.24. The molecule has 1 aromatic carbocycles. The molecule has 0 radical (unpaired) electrons. The van der Waals surface area contributed by atoms with Gasteiger partial charge in [-0.2, -0.15) is 0 Å². The first kappa shape index (κ1) is 12.4. The van der Waals surface area contributed by atoms with Gasteiger partial charge in [-0.15, -0.1) is 0 Å². The molecule has 0 fully saturated rings. The van der Waals surface area contributed by atoms with E-state index in [0.717, 1.165) is 17.1 Å². The third-order valence-corrected chi connectivity index (χ3v) is 3.19. The Morgan fingerprint density at radius 1 is 1.17 bits per heavy atom. The van der Waals surface area contributed by atoms with Gasteiger partial charge in [0.05, 0.1) is 12.7 Å². The fourth-order valence-electron chi connectivity index (χ4n) is 2.26. The van der Waals surface area contributed by atoms with Crippen molar-refractivity contribution in [2.75, 3.05) is 7.11 Å². The minimum Gasteiger partial charge on any atom is -0.465 e. The summed E-state index contributed by atoms with van der Waals surface area (Å²) in [5, 5.41) is 0. The van der Waals surface area contributed by atoms with E-state index in [1.54, 1.807) is 0 Å². The quantitative estimate of drug-likeness (QED) is 0.758. The van der Waals surface area contributed by atoms with Crippen molar-refractivity contribution >= 4 is 5.97 Å². The van der Waals surface area contributed by atoms with Gasteiger partial charge < -0.3 is 9.30 Å². The Bertz CT molecular complexity index is 597. The molecular formula is C15H17NO2. The monoisotopic (exact) mass is 243 g/mol. The van der Waals surface area contributed by atoms with Gasteiger partial charge in [0.1, 0.15) is 0 Å². The molecule has 1 heterocycles. The second-order valence-corrected chi connectivity index (χ2v) is 4.40. The number of ether oxygens (including phenoxy) is 1. The van der Waals surface area contributed by atoms with Crippen molar-refractivity contribution in [3.05, 3.63) is 52.8 Å². The summed E-state index contributed by atoms with van der Waals surface area (Å²) < 4.78 is 6.88. The normalized spacial score (nSPS) is 10.4. The molecule has 0 aliphatic rings. The number of esters is 1. The minimum atomic E-state index is -0.289. The number of methoxy groups -OCH3 is 1. The number of carbonyl (C=O) groups is 1. The van der Waals surface area contributed by atoms with Crippen LogP contribution in [-0.2, 0) is 4.74 Å². The van der Waals surface area contributed by atoms with E-state index in [0.29, 0.717) is 5.56 Å². The van der Waals surface area contributed by atoms with E-state index in [-0.39, 0.29) is 5.97 Å². The number of hydrogen-bond donors (Lipinski definition) is 0. The Balaban J connectivity index is 2.63. The van der Waals surface area contributed by atoms with Crippen molar-refractivity contribution in [2.24, 2.45) is 0 Å². The van der Waals surface area contributed by atoms with E-state index in [1.165, 1.54) is 12.7 Å². The second kappa shape index (κ2) is 4.69. The third-order valence-electron chi connectivity index (χ3n) is 3.19. The summed E-state index contributed by atoms with van der Waals surface area (Å²) in [6.07, 6.45) is 0. The molecule has 0 unspecified atom stereocenters. The number of nitrogens with zero attached hydrogens (tertiary/aromatic N) is 1. The highest BCUT2D eigenvalue weighted by atomic mass is 16.5. The van der Waals surface area contributed by atoms with Crippen LogP contribution >= 0.6 is 0 Å². The SMILES string of the molecule is COC(=O)c1cc(C)n(-c2ccccc2C)c1C. The summed E-state index contributed by atoms with van der Waals surface area (Å²) in [5.74, 6) is -0.289. The van der Waals surface area contributed by atoms with Gasteiger partial charge in [0.2, 0.25) is 0 Å². The lowest BCUT2D eigenvalue weighted by atomic mass is 10.2. The van der Waals surface area contributed by atoms with Crippen LogP contribution in [0.3, 0.4) is 0 Å². The van der Waals surface area contributed by atoms with Crippen molar-refractivity contribution in [1.29, 1.82) is 0 Å². The molecular weight excluding hydrogens is 226 g/mol. The fraction of sp³-hybridized carbons (Fsp3) is 0.267. The van der Waals surface area contributed by atoms with E-state index in [9.17, 15) is 4.79 Å². The summed E-state index contributed by atoms with van der Waals surface area (Å²) >= 11 is 0. The maximum absolute atomic E-state index is 11.7. The average molecular weight is 243 g/mol. The van der Waals surface area contributed by atoms with Crippen LogP contribution < -0.4 is 0 Å². The molecule has 18 heavy (non-hydrogen) atoms. The van der Waals surface area contributed by atoms with Crippen molar-refractivity contribution in [2.45, 2.75) is 20.8 Å². The van der Waals surface area contributed by atoms with Gasteiger partial charge in [-0.05, 0) is 38.5 Å². The maximum Gasteiger partial charge on any atom is 0.339 e. The lowest BCUT2D eigenvalue weighted by Gasteiger charge is -2.12. The molecule has 0 atom stereocenters. The Morgan fingerprint density at radius 2 is 1.83 bits per heavy atom. The second-order valence-electron chi connectivity index (χ2n) is 4.40. The Hall–Kier alpha value is -2.03. The summed E-state index contributed by atoms with van der Waals surface area (Å²) in [5.41, 5.74) is 4.84. The summed E-state index contributed by atoms with van der Waals surface area (Å²) in [6, 6.07) is 9.99. The minimum absolute atomic E-state index is 0.289. The summed E-state index contributed by atoms with van der Waals surface area (Å²) in [7, 11) is 1.40. The van der Waals surface area contributed by atoms with E-state index in [1.807, 2.05) is 32.0 Å². The van der Waals surface area contributed by atoms with E-state index >= 15 is 0 Å². The van der Waals surface area contributed by atoms with Gasteiger partial charge in [-0.25, -0.2) is 4.79 Å². The molecule has 0 aliphatic heterocycles. The number of benzene rings is 1. The smallest absolute Gasteiger partial charge is 0.339 e. The van der Waals surface area contributed by atoms with Gasteiger partial charge in [0, 0.05) is 17.1 Å². The molecule has 0 saturated carbocycles. The van der Waals surface area contributed by atoms with Crippen molar-refractivity contribution in [3.8, 4) is 5.69 Å². The van der Waals surface area contributed by atoms with Gasteiger partial charge in [0.25, 0.3) is 0 Å². The highest BCUT2D eigenvalue weighted by Gasteiger charge is 2.17. The summed E-state index contributed by atoms with van der Waals surface area (Å²) in [4.78, 5) is 11.7. The maximum atomic E-state index is 11.7. The number of hydrogen-bond acceptors (Lipinski definition) is 2. The first-order chi connectivity index (χ1) is 8.56. The standard InChI is InChI=1S/C15H17NO2/c1-10-7-5-6-8-14(10)16-11(2)9-13(12(16)3)15(17)18-4/h5-9H,1-4H3. The highest BCUT2D eigenvalue weighted by Crippen LogP contribution is 2.23. The molecule has 0 saturated heterocycles. The Morgan fingerprint density at radius 3 is 2.44 bits per heavy atom. The van der Waals surface area contributed by atoms with Crippen LogP contribution in [0.25, 0.3) is 5.69 Å². The van der Waals surface area contributed by atoms with Gasteiger partial charge in [-0.3, -0.25) is 0 Å². The van der Waals surface area contributed by atoms with E-state index < -0.39 is 0 Å². The molecule has 0 bridgehead atoms. The van der Waals surface area contributed by atoms with Crippen LogP contribution in [0.2, 0.25) is 0 Å². The molecule has 94 valence electrons. The lowest BCUT2D eigenvalue weighted by Crippen LogP contribution is -2.05. The highest BCUT2D eigenvalue weighted by molar-refractivity contribution is 5.91. The predicted octanol–water partition coefficient (Wildman–Crippen LogP) is 3.19. The van der Waals surface area contributed by atoms with Crippen molar-refractivity contribution in [3.63, 3.8) is 0 Å². The fourth-order valence-corrected chi connectivity index (χ4v) is 2.26. The Labute approximate surface area is 107 Å².